The molecule has 1 aromatic heterocycles. The fraction of sp³-hybridized carbons (Fsp3) is 0.375. The Morgan fingerprint density at radius 3 is 2.86 bits per heavy atom. The van der Waals surface area contributed by atoms with Gasteiger partial charge in [0.25, 0.3) is 0 Å². The van der Waals surface area contributed by atoms with Gasteiger partial charge in [-0.25, -0.2) is 12.4 Å². The van der Waals surface area contributed by atoms with Crippen molar-refractivity contribution < 1.29 is 8.42 Å². The SMILES string of the molecule is CS(=O)(=O)n1cccc1C(N)CC#N. The third-order valence-electron chi connectivity index (χ3n) is 1.79. The highest BCUT2D eigenvalue weighted by atomic mass is 32.2. The van der Waals surface area contributed by atoms with Crippen molar-refractivity contribution in [1.29, 1.82) is 5.26 Å². The van der Waals surface area contributed by atoms with Crippen LogP contribution in [0.25, 0.3) is 0 Å². The predicted octanol–water partition coefficient (Wildman–Crippen LogP) is 0.209. The molecule has 2 N–H and O–H groups in total. The number of nitrogens with zero attached hydrogens (tertiary/aromatic N) is 2. The molecule has 14 heavy (non-hydrogen) atoms. The first kappa shape index (κ1) is 10.8. The van der Waals surface area contributed by atoms with E-state index in [4.69, 9.17) is 11.0 Å². The van der Waals surface area contributed by atoms with E-state index in [9.17, 15) is 8.42 Å². The van der Waals surface area contributed by atoms with Crippen molar-refractivity contribution in [1.82, 2.24) is 3.97 Å². The first-order valence-corrected chi connectivity index (χ1v) is 5.82. The Hall–Kier alpha value is -1.32. The molecule has 0 fully saturated rings. The Morgan fingerprint density at radius 2 is 2.36 bits per heavy atom. The topological polar surface area (TPSA) is 88.9 Å². The average Bonchev–Trinajstić information content (AvgIpc) is 2.50. The Balaban J connectivity index is 3.13. The van der Waals surface area contributed by atoms with E-state index in [0.717, 1.165) is 10.2 Å². The molecule has 1 aromatic rings. The van der Waals surface area contributed by atoms with Crippen LogP contribution in [-0.4, -0.2) is 18.6 Å². The standard InChI is InChI=1S/C8H11N3O2S/c1-14(12,13)11-6-2-3-8(11)7(10)4-5-9/h2-3,6-7H,4,10H2,1H3. The summed E-state index contributed by atoms with van der Waals surface area (Å²) < 4.78 is 23.6. The average molecular weight is 213 g/mol. The second kappa shape index (κ2) is 3.82. The number of nitriles is 1. The summed E-state index contributed by atoms with van der Waals surface area (Å²) in [6.45, 7) is 0. The normalized spacial score (nSPS) is 13.5. The van der Waals surface area contributed by atoms with E-state index in [0.29, 0.717) is 5.69 Å². The zero-order valence-electron chi connectivity index (χ0n) is 7.71. The fourth-order valence-electron chi connectivity index (χ4n) is 1.17. The highest BCUT2D eigenvalue weighted by Crippen LogP contribution is 2.15. The number of rotatable bonds is 3. The van der Waals surface area contributed by atoms with Gasteiger partial charge in [-0.3, -0.25) is 0 Å². The van der Waals surface area contributed by atoms with Gasteiger partial charge < -0.3 is 5.73 Å². The van der Waals surface area contributed by atoms with Crippen LogP contribution >= 0.6 is 0 Å². The number of hydrogen-bond donors (Lipinski definition) is 1. The molecule has 0 aliphatic carbocycles. The van der Waals surface area contributed by atoms with Gasteiger partial charge in [0.05, 0.1) is 30.5 Å². The molecule has 6 heteroatoms. The van der Waals surface area contributed by atoms with Gasteiger partial charge >= 0.3 is 0 Å². The van der Waals surface area contributed by atoms with Gasteiger partial charge in [0.15, 0.2) is 0 Å². The van der Waals surface area contributed by atoms with Crippen molar-refractivity contribution in [2.24, 2.45) is 5.73 Å². The number of nitrogens with two attached hydrogens (primary N) is 1. The molecule has 0 aliphatic heterocycles. The minimum atomic E-state index is -3.33. The minimum absolute atomic E-state index is 0.0968. The van der Waals surface area contributed by atoms with Crippen LogP contribution in [0.5, 0.6) is 0 Å². The zero-order chi connectivity index (χ0) is 10.8. The van der Waals surface area contributed by atoms with Crippen molar-refractivity contribution in [2.45, 2.75) is 12.5 Å². The van der Waals surface area contributed by atoms with E-state index in [1.165, 1.54) is 6.20 Å². The van der Waals surface area contributed by atoms with Gasteiger partial charge in [-0.05, 0) is 12.1 Å². The lowest BCUT2D eigenvalue weighted by Gasteiger charge is -2.10. The molecule has 1 heterocycles. The van der Waals surface area contributed by atoms with Gasteiger partial charge in [-0.15, -0.1) is 0 Å². The van der Waals surface area contributed by atoms with Crippen LogP contribution < -0.4 is 5.73 Å². The molecule has 0 amide bonds. The minimum Gasteiger partial charge on any atom is -0.322 e. The van der Waals surface area contributed by atoms with E-state index < -0.39 is 16.1 Å². The Labute approximate surface area is 82.8 Å². The van der Waals surface area contributed by atoms with Crippen molar-refractivity contribution in [3.63, 3.8) is 0 Å². The summed E-state index contributed by atoms with van der Waals surface area (Å²) in [6.07, 6.45) is 2.61. The smallest absolute Gasteiger partial charge is 0.235 e. The molecular weight excluding hydrogens is 202 g/mol. The molecule has 0 bridgehead atoms. The highest BCUT2D eigenvalue weighted by molar-refractivity contribution is 7.89. The Morgan fingerprint density at radius 1 is 1.71 bits per heavy atom. The Bertz CT molecular complexity index is 455. The van der Waals surface area contributed by atoms with Gasteiger partial charge in [-0.1, -0.05) is 0 Å². The van der Waals surface area contributed by atoms with E-state index in [-0.39, 0.29) is 6.42 Å². The quantitative estimate of drug-likeness (QED) is 0.777. The fourth-order valence-corrected chi connectivity index (χ4v) is 2.04. The first-order valence-electron chi connectivity index (χ1n) is 3.97. The van der Waals surface area contributed by atoms with Crippen LogP contribution in [0.3, 0.4) is 0 Å². The van der Waals surface area contributed by atoms with Crippen LogP contribution in [0.2, 0.25) is 0 Å². The molecule has 0 spiro atoms. The second-order valence-corrected chi connectivity index (χ2v) is 4.82. The molecular formula is C8H11N3O2S. The van der Waals surface area contributed by atoms with Crippen LogP contribution in [-0.2, 0) is 10.0 Å². The monoisotopic (exact) mass is 213 g/mol. The number of aromatic nitrogens is 1. The van der Waals surface area contributed by atoms with Crippen LogP contribution in [0.1, 0.15) is 18.2 Å². The molecule has 0 saturated heterocycles. The maximum absolute atomic E-state index is 11.2. The summed E-state index contributed by atoms with van der Waals surface area (Å²) in [6, 6.07) is 4.53. The summed E-state index contributed by atoms with van der Waals surface area (Å²) in [5.41, 5.74) is 6.08. The van der Waals surface area contributed by atoms with Crippen molar-refractivity contribution in [2.75, 3.05) is 6.26 Å². The van der Waals surface area contributed by atoms with E-state index in [1.54, 1.807) is 12.1 Å². The molecule has 0 saturated carbocycles. The second-order valence-electron chi connectivity index (χ2n) is 2.96. The summed E-state index contributed by atoms with van der Waals surface area (Å²) in [5, 5.41) is 8.44. The third kappa shape index (κ3) is 2.13. The van der Waals surface area contributed by atoms with Gasteiger partial charge in [0, 0.05) is 6.20 Å². The molecule has 1 unspecified atom stereocenters. The summed E-state index contributed by atoms with van der Waals surface area (Å²) in [4.78, 5) is 0. The molecule has 0 aromatic carbocycles. The maximum atomic E-state index is 11.2. The molecule has 1 rings (SSSR count). The highest BCUT2D eigenvalue weighted by Gasteiger charge is 2.15. The molecule has 76 valence electrons. The van der Waals surface area contributed by atoms with Gasteiger partial charge in [0.1, 0.15) is 0 Å². The lowest BCUT2D eigenvalue weighted by Crippen LogP contribution is -2.19. The van der Waals surface area contributed by atoms with Crippen molar-refractivity contribution in [3.8, 4) is 6.07 Å². The third-order valence-corrected chi connectivity index (χ3v) is 2.84. The predicted molar refractivity (Wildman–Crippen MR) is 51.8 cm³/mol. The molecule has 1 atom stereocenters. The first-order chi connectivity index (χ1) is 6.46. The maximum Gasteiger partial charge on any atom is 0.235 e. The largest absolute Gasteiger partial charge is 0.322 e. The summed E-state index contributed by atoms with van der Waals surface area (Å²) in [7, 11) is -3.33. The van der Waals surface area contributed by atoms with Crippen molar-refractivity contribution >= 4 is 10.0 Å². The van der Waals surface area contributed by atoms with Gasteiger partial charge in [-0.2, -0.15) is 5.26 Å². The Kier molecular flexibility index (Phi) is 2.93. The van der Waals surface area contributed by atoms with Crippen LogP contribution in [0, 0.1) is 11.3 Å². The van der Waals surface area contributed by atoms with E-state index in [2.05, 4.69) is 0 Å². The lowest BCUT2D eigenvalue weighted by atomic mass is 10.2. The van der Waals surface area contributed by atoms with Crippen LogP contribution in [0.15, 0.2) is 18.3 Å². The van der Waals surface area contributed by atoms with E-state index in [1.807, 2.05) is 6.07 Å². The van der Waals surface area contributed by atoms with Crippen molar-refractivity contribution in [3.05, 3.63) is 24.0 Å². The molecule has 0 aliphatic rings. The number of hydrogen-bond acceptors (Lipinski definition) is 4. The molecule has 0 radical (unpaired) electrons. The zero-order valence-corrected chi connectivity index (χ0v) is 8.53. The molecule has 5 nitrogen and oxygen atoms in total. The summed E-state index contributed by atoms with van der Waals surface area (Å²) >= 11 is 0. The lowest BCUT2D eigenvalue weighted by molar-refractivity contribution is 0.586. The van der Waals surface area contributed by atoms with Gasteiger partial charge in [0.2, 0.25) is 10.0 Å². The van der Waals surface area contributed by atoms with Crippen LogP contribution in [0.4, 0.5) is 0 Å². The van der Waals surface area contributed by atoms with E-state index >= 15 is 0 Å². The summed E-state index contributed by atoms with van der Waals surface area (Å²) in [5.74, 6) is 0.